The van der Waals surface area contributed by atoms with Crippen LogP contribution in [0.25, 0.3) is 0 Å². The molecule has 2 aromatic carbocycles. The number of benzene rings is 2. The van der Waals surface area contributed by atoms with Gasteiger partial charge < -0.3 is 10.0 Å². The lowest BCUT2D eigenvalue weighted by Crippen LogP contribution is -2.63. The molecule has 4 atom stereocenters. The van der Waals surface area contributed by atoms with Gasteiger partial charge in [-0.25, -0.2) is 4.79 Å². The van der Waals surface area contributed by atoms with E-state index in [1.54, 1.807) is 11.8 Å². The third-order valence-corrected chi connectivity index (χ3v) is 8.06. The van der Waals surface area contributed by atoms with Crippen molar-refractivity contribution in [1.82, 2.24) is 15.1 Å². The summed E-state index contributed by atoms with van der Waals surface area (Å²) in [5.41, 5.74) is 0.450. The molecule has 2 N–H and O–H groups in total. The van der Waals surface area contributed by atoms with Crippen molar-refractivity contribution in [1.29, 1.82) is 0 Å². The maximum atomic E-state index is 14.0. The molecule has 1 spiro atoms. The molecule has 0 unspecified atom stereocenters. The SMILES string of the molecule is CCN1C(=O)[C@H]2[C@@H](c3ccc(C(F)(F)F)cc3)N[C@]3(CCCN(Cc4ccc(C)cc4)C3=O)[C@H]2C1=O.O=C(O)C(F)(F)F. The van der Waals surface area contributed by atoms with Gasteiger partial charge in [0.05, 0.1) is 17.4 Å². The van der Waals surface area contributed by atoms with Crippen LogP contribution in [0.4, 0.5) is 26.3 Å². The van der Waals surface area contributed by atoms with Gasteiger partial charge in [-0.3, -0.25) is 24.6 Å². The number of carbonyl (C=O) groups is 4. The van der Waals surface area contributed by atoms with Crippen LogP contribution in [0.15, 0.2) is 48.5 Å². The molecule has 0 radical (unpaired) electrons. The average molecular weight is 614 g/mol. The summed E-state index contributed by atoms with van der Waals surface area (Å²) in [6, 6.07) is 11.7. The molecule has 0 aromatic heterocycles. The normalized spacial score (nSPS) is 25.6. The Kier molecular flexibility index (Phi) is 8.65. The molecular weight excluding hydrogens is 584 g/mol. The number of amides is 3. The first-order valence-corrected chi connectivity index (χ1v) is 13.5. The Morgan fingerprint density at radius 3 is 2.07 bits per heavy atom. The number of nitrogens with zero attached hydrogens (tertiary/aromatic N) is 2. The van der Waals surface area contributed by atoms with Crippen molar-refractivity contribution in [2.45, 2.75) is 57.2 Å². The van der Waals surface area contributed by atoms with E-state index in [1.165, 1.54) is 17.0 Å². The fourth-order valence-electron chi connectivity index (χ4n) is 6.07. The van der Waals surface area contributed by atoms with Crippen LogP contribution < -0.4 is 5.32 Å². The number of nitrogens with one attached hydrogen (secondary N) is 1. The molecule has 3 saturated heterocycles. The first-order valence-electron chi connectivity index (χ1n) is 13.5. The molecule has 0 saturated carbocycles. The van der Waals surface area contributed by atoms with Crippen LogP contribution in [0.5, 0.6) is 0 Å². The lowest BCUT2D eigenvalue weighted by atomic mass is 9.74. The molecule has 3 aliphatic rings. The van der Waals surface area contributed by atoms with Gasteiger partial charge in [-0.15, -0.1) is 0 Å². The molecular formula is C29H29F6N3O5. The predicted octanol–water partition coefficient (Wildman–Crippen LogP) is 4.47. The van der Waals surface area contributed by atoms with Crippen LogP contribution in [0.2, 0.25) is 0 Å². The third kappa shape index (κ3) is 6.10. The summed E-state index contributed by atoms with van der Waals surface area (Å²) < 4.78 is 71.1. The number of likely N-dealkylation sites (tertiary alicyclic amines) is 2. The van der Waals surface area contributed by atoms with Gasteiger partial charge in [-0.2, -0.15) is 26.3 Å². The van der Waals surface area contributed by atoms with E-state index in [9.17, 15) is 40.7 Å². The molecule has 8 nitrogen and oxygen atoms in total. The average Bonchev–Trinajstić information content (AvgIpc) is 3.40. The molecule has 3 heterocycles. The largest absolute Gasteiger partial charge is 0.490 e. The van der Waals surface area contributed by atoms with Gasteiger partial charge in [0.1, 0.15) is 5.54 Å². The summed E-state index contributed by atoms with van der Waals surface area (Å²) >= 11 is 0. The Labute approximate surface area is 242 Å². The Bertz CT molecular complexity index is 1390. The van der Waals surface area contributed by atoms with Crippen LogP contribution in [-0.2, 0) is 31.9 Å². The standard InChI is InChI=1S/C27H28F3N3O3.C2HF3O2/c1-3-33-23(34)20-21(24(33)35)26(31-22(20)18-9-11-19(12-10-18)27(28,29)30)13-4-14-32(25(26)36)15-17-7-5-16(2)6-8-17;3-2(4,5)1(6)7/h5-12,20-22,31H,3-4,13-15H2,1-2H3;(H,6,7)/t20-,21-,22-,26-;/m1./s1. The summed E-state index contributed by atoms with van der Waals surface area (Å²) in [6.07, 6.45) is -8.55. The van der Waals surface area contributed by atoms with E-state index < -0.39 is 47.3 Å². The van der Waals surface area contributed by atoms with Gasteiger partial charge in [-0.1, -0.05) is 42.0 Å². The highest BCUT2D eigenvalue weighted by Gasteiger charge is 2.68. The summed E-state index contributed by atoms with van der Waals surface area (Å²) in [5.74, 6) is -5.52. The number of hydrogen-bond donors (Lipinski definition) is 2. The van der Waals surface area contributed by atoms with E-state index in [0.717, 1.165) is 23.3 Å². The van der Waals surface area contributed by atoms with E-state index in [1.807, 2.05) is 31.2 Å². The molecule has 3 aliphatic heterocycles. The molecule has 5 rings (SSSR count). The van der Waals surface area contributed by atoms with Crippen molar-refractivity contribution in [3.05, 3.63) is 70.8 Å². The van der Waals surface area contributed by atoms with E-state index in [0.29, 0.717) is 31.5 Å². The highest BCUT2D eigenvalue weighted by atomic mass is 19.4. The van der Waals surface area contributed by atoms with E-state index in [2.05, 4.69) is 5.32 Å². The van der Waals surface area contributed by atoms with Crippen LogP contribution in [0.3, 0.4) is 0 Å². The van der Waals surface area contributed by atoms with Gasteiger partial charge >= 0.3 is 18.3 Å². The van der Waals surface area contributed by atoms with Crippen molar-refractivity contribution in [3.63, 3.8) is 0 Å². The number of carboxylic acid groups (broad SMARTS) is 1. The monoisotopic (exact) mass is 613 g/mol. The smallest absolute Gasteiger partial charge is 0.475 e. The number of piperidine rings is 1. The highest BCUT2D eigenvalue weighted by Crippen LogP contribution is 2.52. The number of carbonyl (C=O) groups excluding carboxylic acids is 3. The molecule has 0 aliphatic carbocycles. The summed E-state index contributed by atoms with van der Waals surface area (Å²) in [5, 5.41) is 10.4. The topological polar surface area (TPSA) is 107 Å². The molecule has 43 heavy (non-hydrogen) atoms. The summed E-state index contributed by atoms with van der Waals surface area (Å²) in [6.45, 7) is 4.78. The molecule has 3 fully saturated rings. The highest BCUT2D eigenvalue weighted by molar-refractivity contribution is 6.10. The Hall–Kier alpha value is -3.94. The maximum absolute atomic E-state index is 14.0. The number of aryl methyl sites for hydroxylation is 1. The van der Waals surface area contributed by atoms with Crippen molar-refractivity contribution >= 4 is 23.7 Å². The Morgan fingerprint density at radius 1 is 0.977 bits per heavy atom. The maximum Gasteiger partial charge on any atom is 0.490 e. The second-order valence-electron chi connectivity index (χ2n) is 10.8. The second-order valence-corrected chi connectivity index (χ2v) is 10.8. The van der Waals surface area contributed by atoms with Crippen LogP contribution >= 0.6 is 0 Å². The van der Waals surface area contributed by atoms with E-state index >= 15 is 0 Å². The van der Waals surface area contributed by atoms with Crippen molar-refractivity contribution in [2.75, 3.05) is 13.1 Å². The quantitative estimate of drug-likeness (QED) is 0.390. The van der Waals surface area contributed by atoms with Crippen molar-refractivity contribution in [2.24, 2.45) is 11.8 Å². The lowest BCUT2D eigenvalue weighted by molar-refractivity contribution is -0.192. The van der Waals surface area contributed by atoms with Gasteiger partial charge in [0.25, 0.3) is 0 Å². The number of aliphatic carboxylic acids is 1. The predicted molar refractivity (Wildman–Crippen MR) is 139 cm³/mol. The molecule has 0 bridgehead atoms. The zero-order valence-electron chi connectivity index (χ0n) is 23.1. The minimum atomic E-state index is -5.08. The zero-order valence-corrected chi connectivity index (χ0v) is 23.1. The van der Waals surface area contributed by atoms with E-state index in [4.69, 9.17) is 9.90 Å². The number of carboxylic acids is 1. The minimum absolute atomic E-state index is 0.182. The molecule has 14 heteroatoms. The van der Waals surface area contributed by atoms with Gasteiger partial charge in [-0.05, 0) is 49.9 Å². The number of fused-ring (bicyclic) bond motifs is 2. The van der Waals surface area contributed by atoms with Crippen LogP contribution in [0.1, 0.15) is 48.1 Å². The number of halogens is 6. The van der Waals surface area contributed by atoms with Crippen molar-refractivity contribution < 1.29 is 50.6 Å². The molecule has 2 aromatic rings. The second kappa shape index (κ2) is 11.6. The van der Waals surface area contributed by atoms with Gasteiger partial charge in [0, 0.05) is 25.7 Å². The number of rotatable bonds is 4. The van der Waals surface area contributed by atoms with Gasteiger partial charge in [0.15, 0.2) is 0 Å². The fourth-order valence-corrected chi connectivity index (χ4v) is 6.07. The summed E-state index contributed by atoms with van der Waals surface area (Å²) in [4.78, 5) is 52.6. The first kappa shape index (κ1) is 32.0. The van der Waals surface area contributed by atoms with Crippen LogP contribution in [-0.4, -0.2) is 63.4 Å². The Morgan fingerprint density at radius 2 is 1.56 bits per heavy atom. The fraction of sp³-hybridized carbons (Fsp3) is 0.448. The number of hydrogen-bond acceptors (Lipinski definition) is 5. The lowest BCUT2D eigenvalue weighted by Gasteiger charge is -2.42. The first-order chi connectivity index (χ1) is 20.0. The summed E-state index contributed by atoms with van der Waals surface area (Å²) in [7, 11) is 0. The number of imide groups is 1. The zero-order chi connectivity index (χ0) is 31.9. The number of alkyl halides is 6. The van der Waals surface area contributed by atoms with Crippen molar-refractivity contribution in [3.8, 4) is 0 Å². The van der Waals surface area contributed by atoms with E-state index in [-0.39, 0.29) is 24.3 Å². The van der Waals surface area contributed by atoms with Crippen LogP contribution in [0, 0.1) is 18.8 Å². The molecule has 3 amide bonds. The third-order valence-electron chi connectivity index (χ3n) is 8.06. The molecule has 232 valence electrons. The van der Waals surface area contributed by atoms with Gasteiger partial charge in [0.2, 0.25) is 17.7 Å². The minimum Gasteiger partial charge on any atom is -0.475 e. The Balaban J connectivity index is 0.000000541.